The topological polar surface area (TPSA) is 61.4 Å². The minimum Gasteiger partial charge on any atom is -0.396 e. The van der Waals surface area contributed by atoms with E-state index in [-0.39, 0.29) is 24.6 Å². The van der Waals surface area contributed by atoms with Crippen molar-refractivity contribution in [2.75, 3.05) is 6.61 Å². The molecule has 3 N–H and O–H groups in total. The summed E-state index contributed by atoms with van der Waals surface area (Å²) < 4.78 is 0. The quantitative estimate of drug-likeness (QED) is 0.746. The monoisotopic (exact) mass is 250 g/mol. The van der Waals surface area contributed by atoms with Crippen LogP contribution >= 0.6 is 0 Å². The highest BCUT2D eigenvalue weighted by molar-refractivity contribution is 5.74. The minimum absolute atomic E-state index is 0.0481. The molecule has 1 rings (SSSR count). The Bertz CT molecular complexity index is 376. The third-order valence-electron chi connectivity index (χ3n) is 3.07. The van der Waals surface area contributed by atoms with E-state index < -0.39 is 0 Å². The second-order valence-corrected chi connectivity index (χ2v) is 4.76. The van der Waals surface area contributed by atoms with Crippen molar-refractivity contribution in [3.05, 3.63) is 35.4 Å². The molecule has 2 atom stereocenters. The van der Waals surface area contributed by atoms with E-state index in [9.17, 15) is 4.79 Å². The molecule has 0 saturated carbocycles. The maximum absolute atomic E-state index is 11.6. The summed E-state index contributed by atoms with van der Waals surface area (Å²) in [4.78, 5) is 11.6. The molecule has 0 saturated heterocycles. The molecular weight excluding hydrogens is 228 g/mol. The number of hydrogen-bond acceptors (Lipinski definition) is 2. The zero-order chi connectivity index (χ0) is 13.5. The Morgan fingerprint density at radius 1 is 1.28 bits per heavy atom. The van der Waals surface area contributed by atoms with Crippen molar-refractivity contribution >= 4 is 6.03 Å². The number of hydrogen-bond donors (Lipinski definition) is 3. The van der Waals surface area contributed by atoms with Crippen LogP contribution in [-0.4, -0.2) is 23.8 Å². The van der Waals surface area contributed by atoms with Gasteiger partial charge in [-0.05, 0) is 25.3 Å². The normalized spacial score (nSPS) is 13.8. The summed E-state index contributed by atoms with van der Waals surface area (Å²) in [5.74, 6) is 0.0510. The third kappa shape index (κ3) is 4.75. The molecule has 1 aromatic rings. The molecule has 4 nitrogen and oxygen atoms in total. The highest BCUT2D eigenvalue weighted by Gasteiger charge is 2.13. The van der Waals surface area contributed by atoms with Gasteiger partial charge in [-0.2, -0.15) is 0 Å². The molecule has 0 fully saturated rings. The molecule has 2 unspecified atom stereocenters. The van der Waals surface area contributed by atoms with Crippen LogP contribution in [0.25, 0.3) is 0 Å². The molecule has 2 amide bonds. The molecule has 0 heterocycles. The van der Waals surface area contributed by atoms with Gasteiger partial charge in [0.2, 0.25) is 0 Å². The number of aliphatic hydroxyl groups excluding tert-OH is 1. The third-order valence-corrected chi connectivity index (χ3v) is 3.07. The predicted molar refractivity (Wildman–Crippen MR) is 72.3 cm³/mol. The Kier molecular flexibility index (Phi) is 5.65. The highest BCUT2D eigenvalue weighted by atomic mass is 16.3. The largest absolute Gasteiger partial charge is 0.396 e. The Labute approximate surface area is 108 Å². The lowest BCUT2D eigenvalue weighted by molar-refractivity contribution is 0.200. The molecule has 0 aliphatic heterocycles. The van der Waals surface area contributed by atoms with Crippen molar-refractivity contribution in [1.29, 1.82) is 0 Å². The lowest BCUT2D eigenvalue weighted by atomic mass is 10.1. The fourth-order valence-corrected chi connectivity index (χ4v) is 1.45. The number of aryl methyl sites for hydroxylation is 1. The second-order valence-electron chi connectivity index (χ2n) is 4.76. The molecule has 0 bridgehead atoms. The Morgan fingerprint density at radius 2 is 1.89 bits per heavy atom. The van der Waals surface area contributed by atoms with E-state index in [4.69, 9.17) is 5.11 Å². The molecule has 0 radical (unpaired) electrons. The fraction of sp³-hybridized carbons (Fsp3) is 0.500. The van der Waals surface area contributed by atoms with Crippen LogP contribution in [0.4, 0.5) is 4.79 Å². The van der Waals surface area contributed by atoms with Gasteiger partial charge >= 0.3 is 6.03 Å². The number of carbonyl (C=O) groups excluding carboxylic acids is 1. The van der Waals surface area contributed by atoms with E-state index >= 15 is 0 Å². The average molecular weight is 250 g/mol. The van der Waals surface area contributed by atoms with Crippen molar-refractivity contribution in [2.45, 2.75) is 33.4 Å². The van der Waals surface area contributed by atoms with Gasteiger partial charge in [0.15, 0.2) is 0 Å². The van der Waals surface area contributed by atoms with Crippen molar-refractivity contribution in [1.82, 2.24) is 10.6 Å². The van der Waals surface area contributed by atoms with Crippen LogP contribution in [0.15, 0.2) is 24.3 Å². The molecule has 18 heavy (non-hydrogen) atoms. The molecule has 1 aromatic carbocycles. The summed E-state index contributed by atoms with van der Waals surface area (Å²) >= 11 is 0. The van der Waals surface area contributed by atoms with Crippen LogP contribution < -0.4 is 10.6 Å². The standard InChI is InChI=1S/C14H22N2O2/c1-10-4-6-13(7-5-10)8-15-14(18)16-12(3)11(2)9-17/h4-7,11-12,17H,8-9H2,1-3H3,(H2,15,16,18). The van der Waals surface area contributed by atoms with E-state index in [1.165, 1.54) is 5.56 Å². The molecule has 100 valence electrons. The maximum Gasteiger partial charge on any atom is 0.315 e. The summed E-state index contributed by atoms with van der Waals surface area (Å²) in [6.45, 7) is 6.38. The zero-order valence-electron chi connectivity index (χ0n) is 11.2. The molecular formula is C14H22N2O2. The summed E-state index contributed by atoms with van der Waals surface area (Å²) in [5, 5.41) is 14.6. The first-order chi connectivity index (χ1) is 8.52. The number of benzene rings is 1. The molecule has 0 spiro atoms. The lowest BCUT2D eigenvalue weighted by Gasteiger charge is -2.19. The van der Waals surface area contributed by atoms with Crippen LogP contribution in [-0.2, 0) is 6.54 Å². The number of aliphatic hydroxyl groups is 1. The highest BCUT2D eigenvalue weighted by Crippen LogP contribution is 2.03. The van der Waals surface area contributed by atoms with Crippen LogP contribution in [0.3, 0.4) is 0 Å². The second kappa shape index (κ2) is 7.01. The van der Waals surface area contributed by atoms with Crippen LogP contribution in [0.1, 0.15) is 25.0 Å². The van der Waals surface area contributed by atoms with Gasteiger partial charge in [0.1, 0.15) is 0 Å². The first kappa shape index (κ1) is 14.5. The van der Waals surface area contributed by atoms with Gasteiger partial charge in [0.05, 0.1) is 0 Å². The molecule has 4 heteroatoms. The average Bonchev–Trinajstić information content (AvgIpc) is 2.37. The maximum atomic E-state index is 11.6. The van der Waals surface area contributed by atoms with Crippen LogP contribution in [0.2, 0.25) is 0 Å². The Morgan fingerprint density at radius 3 is 2.44 bits per heavy atom. The van der Waals surface area contributed by atoms with Gasteiger partial charge in [-0.15, -0.1) is 0 Å². The van der Waals surface area contributed by atoms with Gasteiger partial charge in [0.25, 0.3) is 0 Å². The molecule has 0 aromatic heterocycles. The van der Waals surface area contributed by atoms with Gasteiger partial charge in [-0.1, -0.05) is 36.8 Å². The molecule has 0 aliphatic carbocycles. The number of urea groups is 1. The number of rotatable bonds is 5. The Hall–Kier alpha value is -1.55. The van der Waals surface area contributed by atoms with E-state index in [0.29, 0.717) is 6.54 Å². The van der Waals surface area contributed by atoms with Crippen molar-refractivity contribution in [2.24, 2.45) is 5.92 Å². The van der Waals surface area contributed by atoms with Crippen molar-refractivity contribution in [3.8, 4) is 0 Å². The summed E-state index contributed by atoms with van der Waals surface area (Å²) in [7, 11) is 0. The van der Waals surface area contributed by atoms with Gasteiger partial charge in [0, 0.05) is 19.2 Å². The van der Waals surface area contributed by atoms with E-state index in [1.54, 1.807) is 0 Å². The molecule has 0 aliphatic rings. The first-order valence-corrected chi connectivity index (χ1v) is 6.23. The number of nitrogens with one attached hydrogen (secondary N) is 2. The zero-order valence-corrected chi connectivity index (χ0v) is 11.2. The SMILES string of the molecule is Cc1ccc(CNC(=O)NC(C)C(C)CO)cc1. The Balaban J connectivity index is 2.35. The van der Waals surface area contributed by atoms with Gasteiger partial charge in [-0.25, -0.2) is 4.79 Å². The van der Waals surface area contributed by atoms with Crippen LogP contribution in [0.5, 0.6) is 0 Å². The van der Waals surface area contributed by atoms with E-state index in [2.05, 4.69) is 10.6 Å². The van der Waals surface area contributed by atoms with Crippen LogP contribution in [0, 0.1) is 12.8 Å². The minimum atomic E-state index is -0.205. The predicted octanol–water partition coefficient (Wildman–Crippen LogP) is 1.81. The van der Waals surface area contributed by atoms with Crippen molar-refractivity contribution < 1.29 is 9.90 Å². The summed E-state index contributed by atoms with van der Waals surface area (Å²) in [5.41, 5.74) is 2.27. The van der Waals surface area contributed by atoms with Gasteiger partial charge < -0.3 is 15.7 Å². The lowest BCUT2D eigenvalue weighted by Crippen LogP contribution is -2.43. The summed E-state index contributed by atoms with van der Waals surface area (Å²) in [6, 6.07) is 7.78. The first-order valence-electron chi connectivity index (χ1n) is 6.23. The van der Waals surface area contributed by atoms with Crippen molar-refractivity contribution in [3.63, 3.8) is 0 Å². The number of amides is 2. The number of carbonyl (C=O) groups is 1. The smallest absolute Gasteiger partial charge is 0.315 e. The van der Waals surface area contributed by atoms with E-state index in [1.807, 2.05) is 45.0 Å². The van der Waals surface area contributed by atoms with E-state index in [0.717, 1.165) is 5.56 Å². The van der Waals surface area contributed by atoms with Gasteiger partial charge in [-0.3, -0.25) is 0 Å². The fourth-order valence-electron chi connectivity index (χ4n) is 1.45. The summed E-state index contributed by atoms with van der Waals surface area (Å²) in [6.07, 6.45) is 0.